The molecule has 2 aliphatic carbocycles. The molecule has 3 rings (SSSR count). The van der Waals surface area contributed by atoms with Gasteiger partial charge in [-0.3, -0.25) is 0 Å². The molecule has 0 aromatic heterocycles. The Labute approximate surface area is 139 Å². The van der Waals surface area contributed by atoms with E-state index in [1.54, 1.807) is 0 Å². The van der Waals surface area contributed by atoms with E-state index in [1.165, 1.54) is 12.8 Å². The van der Waals surface area contributed by atoms with Crippen LogP contribution in [-0.2, 0) is 9.53 Å². The average molecular weight is 318 g/mol. The van der Waals surface area contributed by atoms with E-state index in [0.717, 1.165) is 30.4 Å². The van der Waals surface area contributed by atoms with Crippen molar-refractivity contribution in [1.29, 1.82) is 0 Å². The minimum atomic E-state index is -0.289. The number of hydrogen-bond donors (Lipinski definition) is 1. The van der Waals surface area contributed by atoms with Gasteiger partial charge in [0.25, 0.3) is 0 Å². The zero-order valence-corrected chi connectivity index (χ0v) is 14.7. The minimum absolute atomic E-state index is 0.0655. The van der Waals surface area contributed by atoms with Crippen LogP contribution in [0.1, 0.15) is 59.3 Å². The topological polar surface area (TPSA) is 46.5 Å². The molecule has 0 unspecified atom stereocenters. The molecule has 3 nitrogen and oxygen atoms in total. The fourth-order valence-corrected chi connectivity index (χ4v) is 5.80. The van der Waals surface area contributed by atoms with E-state index in [2.05, 4.69) is 33.4 Å². The highest BCUT2D eigenvalue weighted by Crippen LogP contribution is 2.61. The molecule has 0 amide bonds. The molecule has 0 spiro atoms. The number of aliphatic hydroxyl groups excluding tert-OH is 1. The van der Waals surface area contributed by atoms with Gasteiger partial charge in [0.1, 0.15) is 0 Å². The highest BCUT2D eigenvalue weighted by Gasteiger charge is 2.56. The van der Waals surface area contributed by atoms with E-state index < -0.39 is 0 Å². The number of carbonyl (C=O) groups excluding carboxylic acids is 1. The number of carbonyl (C=O) groups is 1. The van der Waals surface area contributed by atoms with Crippen LogP contribution < -0.4 is 0 Å². The lowest BCUT2D eigenvalue weighted by Crippen LogP contribution is -2.55. The summed E-state index contributed by atoms with van der Waals surface area (Å²) < 4.78 is 5.04. The Hall–Kier alpha value is -1.09. The lowest BCUT2D eigenvalue weighted by atomic mass is 9.46. The molecule has 1 aliphatic heterocycles. The number of cyclic esters (lactones) is 1. The van der Waals surface area contributed by atoms with Crippen LogP contribution in [0.4, 0.5) is 0 Å². The normalized spacial score (nSPS) is 41.7. The molecule has 1 N–H and O–H groups in total. The first-order chi connectivity index (χ1) is 10.8. The Morgan fingerprint density at radius 1 is 1.35 bits per heavy atom. The molecule has 3 aliphatic rings. The number of ether oxygens (including phenoxy) is 1. The van der Waals surface area contributed by atoms with Gasteiger partial charge in [0.2, 0.25) is 0 Å². The molecule has 0 aromatic carbocycles. The molecule has 0 radical (unpaired) electrons. The van der Waals surface area contributed by atoms with Gasteiger partial charge in [-0.05, 0) is 48.3 Å². The maximum Gasteiger partial charge on any atom is 0.333 e. The Morgan fingerprint density at radius 2 is 2.09 bits per heavy atom. The lowest BCUT2D eigenvalue weighted by Gasteiger charge is -2.59. The first kappa shape index (κ1) is 16.8. The van der Waals surface area contributed by atoms with Gasteiger partial charge in [0.15, 0.2) is 0 Å². The molecule has 0 bridgehead atoms. The van der Waals surface area contributed by atoms with Gasteiger partial charge >= 0.3 is 5.97 Å². The summed E-state index contributed by atoms with van der Waals surface area (Å²) in [6.45, 7) is 11.7. The molecule has 128 valence electrons. The van der Waals surface area contributed by atoms with Crippen LogP contribution >= 0.6 is 0 Å². The van der Waals surface area contributed by atoms with Crippen molar-refractivity contribution in [3.05, 3.63) is 23.8 Å². The number of esters is 1. The SMILES string of the molecule is C=C1C[C@@H](O)[C@@H]2C(C)(C)CCC[C@]2(C)[C@H]1C/C=C1\CCOC1=O. The van der Waals surface area contributed by atoms with Gasteiger partial charge in [-0.2, -0.15) is 0 Å². The van der Waals surface area contributed by atoms with Gasteiger partial charge < -0.3 is 9.84 Å². The first-order valence-electron chi connectivity index (χ1n) is 8.97. The molecule has 3 fully saturated rings. The Balaban J connectivity index is 1.89. The van der Waals surface area contributed by atoms with Crippen molar-refractivity contribution in [2.75, 3.05) is 6.61 Å². The monoisotopic (exact) mass is 318 g/mol. The first-order valence-corrected chi connectivity index (χ1v) is 8.97. The second kappa shape index (κ2) is 5.77. The van der Waals surface area contributed by atoms with Crippen molar-refractivity contribution >= 4 is 5.97 Å². The quantitative estimate of drug-likeness (QED) is 0.475. The van der Waals surface area contributed by atoms with Crippen molar-refractivity contribution in [3.8, 4) is 0 Å². The second-order valence-electron chi connectivity index (χ2n) is 8.66. The van der Waals surface area contributed by atoms with Crippen LogP contribution in [-0.4, -0.2) is 23.8 Å². The molecule has 4 atom stereocenters. The Morgan fingerprint density at radius 3 is 2.74 bits per heavy atom. The predicted octanol–water partition coefficient (Wildman–Crippen LogP) is 4.02. The maximum absolute atomic E-state index is 11.7. The molecule has 1 saturated heterocycles. The third-order valence-corrected chi connectivity index (χ3v) is 6.70. The van der Waals surface area contributed by atoms with E-state index in [9.17, 15) is 9.90 Å². The summed E-state index contributed by atoms with van der Waals surface area (Å²) in [6.07, 6.45) is 7.57. The molecular weight excluding hydrogens is 288 g/mol. The number of hydrogen-bond acceptors (Lipinski definition) is 3. The van der Waals surface area contributed by atoms with Crippen molar-refractivity contribution in [1.82, 2.24) is 0 Å². The van der Waals surface area contributed by atoms with E-state index in [0.29, 0.717) is 24.9 Å². The Kier molecular flexibility index (Phi) is 4.20. The summed E-state index contributed by atoms with van der Waals surface area (Å²) in [7, 11) is 0. The summed E-state index contributed by atoms with van der Waals surface area (Å²) in [5, 5.41) is 10.8. The van der Waals surface area contributed by atoms with Gasteiger partial charge in [-0.25, -0.2) is 4.79 Å². The van der Waals surface area contributed by atoms with Crippen molar-refractivity contribution in [2.24, 2.45) is 22.7 Å². The molecule has 2 saturated carbocycles. The minimum Gasteiger partial charge on any atom is -0.462 e. The maximum atomic E-state index is 11.7. The molecular formula is C20H30O3. The van der Waals surface area contributed by atoms with Gasteiger partial charge in [0, 0.05) is 12.0 Å². The fraction of sp³-hybridized carbons (Fsp3) is 0.750. The van der Waals surface area contributed by atoms with Crippen molar-refractivity contribution in [2.45, 2.75) is 65.4 Å². The van der Waals surface area contributed by atoms with E-state index in [1.807, 2.05) is 0 Å². The zero-order valence-electron chi connectivity index (χ0n) is 14.7. The number of fused-ring (bicyclic) bond motifs is 1. The molecule has 3 heteroatoms. The zero-order chi connectivity index (χ0) is 16.8. The van der Waals surface area contributed by atoms with Crippen LogP contribution in [0.15, 0.2) is 23.8 Å². The van der Waals surface area contributed by atoms with Gasteiger partial charge in [-0.1, -0.05) is 45.4 Å². The van der Waals surface area contributed by atoms with Crippen molar-refractivity contribution in [3.63, 3.8) is 0 Å². The summed E-state index contributed by atoms with van der Waals surface area (Å²) in [4.78, 5) is 11.7. The van der Waals surface area contributed by atoms with Crippen LogP contribution in [0.3, 0.4) is 0 Å². The summed E-state index contributed by atoms with van der Waals surface area (Å²) in [5.41, 5.74) is 2.19. The third kappa shape index (κ3) is 2.77. The molecule has 23 heavy (non-hydrogen) atoms. The predicted molar refractivity (Wildman–Crippen MR) is 90.8 cm³/mol. The number of aliphatic hydroxyl groups is 1. The van der Waals surface area contributed by atoms with Gasteiger partial charge in [0.05, 0.1) is 12.7 Å². The molecule has 0 aromatic rings. The standard InChI is InChI=1S/C20H30O3/c1-13-12-16(21)17-19(2,3)9-5-10-20(17,4)15(13)7-6-14-8-11-23-18(14)22/h6,15-17,21H,1,5,7-12H2,2-4H3/b14-6+/t15-,16+,17+,20+/m0/s1. The second-order valence-corrected chi connectivity index (χ2v) is 8.66. The van der Waals surface area contributed by atoms with Crippen LogP contribution in [0.2, 0.25) is 0 Å². The number of rotatable bonds is 2. The third-order valence-electron chi connectivity index (χ3n) is 6.70. The van der Waals surface area contributed by atoms with Crippen molar-refractivity contribution < 1.29 is 14.6 Å². The van der Waals surface area contributed by atoms with Crippen LogP contribution in [0.25, 0.3) is 0 Å². The largest absolute Gasteiger partial charge is 0.462 e. The van der Waals surface area contributed by atoms with E-state index in [-0.39, 0.29) is 22.9 Å². The smallest absolute Gasteiger partial charge is 0.333 e. The van der Waals surface area contributed by atoms with E-state index >= 15 is 0 Å². The molecule has 1 heterocycles. The highest BCUT2D eigenvalue weighted by atomic mass is 16.5. The summed E-state index contributed by atoms with van der Waals surface area (Å²) >= 11 is 0. The van der Waals surface area contributed by atoms with Crippen LogP contribution in [0.5, 0.6) is 0 Å². The Bertz CT molecular complexity index is 545. The summed E-state index contributed by atoms with van der Waals surface area (Å²) in [6, 6.07) is 0. The highest BCUT2D eigenvalue weighted by molar-refractivity contribution is 5.90. The number of allylic oxidation sites excluding steroid dienone is 1. The lowest BCUT2D eigenvalue weighted by molar-refractivity contribution is -0.135. The fourth-order valence-electron chi connectivity index (χ4n) is 5.80. The van der Waals surface area contributed by atoms with Crippen LogP contribution in [0, 0.1) is 22.7 Å². The van der Waals surface area contributed by atoms with E-state index in [4.69, 9.17) is 4.74 Å². The van der Waals surface area contributed by atoms with Gasteiger partial charge in [-0.15, -0.1) is 0 Å². The average Bonchev–Trinajstić information content (AvgIpc) is 2.82. The summed E-state index contributed by atoms with van der Waals surface area (Å²) in [5.74, 6) is 0.488.